The van der Waals surface area contributed by atoms with Crippen molar-refractivity contribution in [3.63, 3.8) is 0 Å². The molecule has 3 N–H and O–H groups in total. The minimum absolute atomic E-state index is 0.237. The lowest BCUT2D eigenvalue weighted by molar-refractivity contribution is -0.121. The SMILES string of the molecule is Cc1nc(N2CCOCC2)sc1C(=O)NNC(=O)CCc1c[nH]c2ccccc12. The molecular weight excluding hydrogens is 390 g/mol. The Kier molecular flexibility index (Phi) is 5.77. The van der Waals surface area contributed by atoms with Crippen LogP contribution in [-0.2, 0) is 16.0 Å². The van der Waals surface area contributed by atoms with E-state index in [9.17, 15) is 9.59 Å². The molecule has 9 heteroatoms. The van der Waals surface area contributed by atoms with Crippen LogP contribution in [0.2, 0.25) is 0 Å². The molecule has 4 rings (SSSR count). The maximum atomic E-state index is 12.5. The second kappa shape index (κ2) is 8.62. The van der Waals surface area contributed by atoms with Crippen LogP contribution in [0.1, 0.15) is 27.3 Å². The average Bonchev–Trinajstić information content (AvgIpc) is 3.35. The van der Waals surface area contributed by atoms with Crippen LogP contribution >= 0.6 is 11.3 Å². The molecule has 8 nitrogen and oxygen atoms in total. The molecule has 0 aliphatic carbocycles. The number of aromatic amines is 1. The van der Waals surface area contributed by atoms with Gasteiger partial charge in [-0.2, -0.15) is 0 Å². The van der Waals surface area contributed by atoms with E-state index in [0.717, 1.165) is 34.7 Å². The standard InChI is InChI=1S/C20H23N5O3S/c1-13-18(29-20(22-13)25-8-10-28-11-9-25)19(27)24-23-17(26)7-6-14-12-21-16-5-3-2-4-15(14)16/h2-5,12,21H,6-11H2,1H3,(H,23,26)(H,24,27). The highest BCUT2D eigenvalue weighted by molar-refractivity contribution is 7.17. The summed E-state index contributed by atoms with van der Waals surface area (Å²) >= 11 is 1.33. The van der Waals surface area contributed by atoms with Gasteiger partial charge in [0.25, 0.3) is 5.91 Å². The maximum Gasteiger partial charge on any atom is 0.281 e. The number of amides is 2. The Balaban J connectivity index is 1.30. The van der Waals surface area contributed by atoms with E-state index in [1.54, 1.807) is 6.92 Å². The van der Waals surface area contributed by atoms with Gasteiger partial charge in [-0.05, 0) is 25.0 Å². The number of ether oxygens (including phenoxy) is 1. The topological polar surface area (TPSA) is 99.3 Å². The lowest BCUT2D eigenvalue weighted by Crippen LogP contribution is -2.41. The van der Waals surface area contributed by atoms with Crippen molar-refractivity contribution in [1.29, 1.82) is 0 Å². The number of aryl methyl sites for hydroxylation is 2. The number of benzene rings is 1. The zero-order valence-corrected chi connectivity index (χ0v) is 17.0. The number of nitrogens with one attached hydrogen (secondary N) is 3. The van der Waals surface area contributed by atoms with Crippen molar-refractivity contribution >= 4 is 39.2 Å². The van der Waals surface area contributed by atoms with Crippen molar-refractivity contribution in [2.75, 3.05) is 31.2 Å². The number of aromatic nitrogens is 2. The summed E-state index contributed by atoms with van der Waals surface area (Å²) in [5.74, 6) is -0.584. The molecular formula is C20H23N5O3S. The van der Waals surface area contributed by atoms with Crippen molar-refractivity contribution in [3.8, 4) is 0 Å². The number of morpholine rings is 1. The number of anilines is 1. The minimum Gasteiger partial charge on any atom is -0.378 e. The van der Waals surface area contributed by atoms with Gasteiger partial charge in [-0.3, -0.25) is 20.4 Å². The van der Waals surface area contributed by atoms with Gasteiger partial charge in [0.15, 0.2) is 5.13 Å². The molecule has 0 bridgehead atoms. The summed E-state index contributed by atoms with van der Waals surface area (Å²) in [7, 11) is 0. The van der Waals surface area contributed by atoms with Crippen molar-refractivity contribution in [1.82, 2.24) is 20.8 Å². The first-order valence-electron chi connectivity index (χ1n) is 9.56. The zero-order valence-electron chi connectivity index (χ0n) is 16.2. The Morgan fingerprint density at radius 2 is 2.03 bits per heavy atom. The fourth-order valence-electron chi connectivity index (χ4n) is 3.32. The van der Waals surface area contributed by atoms with Crippen LogP contribution in [0.5, 0.6) is 0 Å². The number of carbonyl (C=O) groups excluding carboxylic acids is 2. The molecule has 1 saturated heterocycles. The average molecular weight is 414 g/mol. The smallest absolute Gasteiger partial charge is 0.281 e. The van der Waals surface area contributed by atoms with Gasteiger partial charge in [0.1, 0.15) is 4.88 Å². The maximum absolute atomic E-state index is 12.5. The Bertz CT molecular complexity index is 1020. The van der Waals surface area contributed by atoms with Gasteiger partial charge in [-0.25, -0.2) is 4.98 Å². The summed E-state index contributed by atoms with van der Waals surface area (Å²) in [6.07, 6.45) is 2.79. The number of fused-ring (bicyclic) bond motifs is 1. The highest BCUT2D eigenvalue weighted by Crippen LogP contribution is 2.26. The molecule has 2 aromatic heterocycles. The van der Waals surface area contributed by atoms with E-state index in [0.29, 0.717) is 30.2 Å². The van der Waals surface area contributed by atoms with E-state index >= 15 is 0 Å². The number of para-hydroxylation sites is 1. The van der Waals surface area contributed by atoms with Gasteiger partial charge in [0.05, 0.1) is 18.9 Å². The number of hydrogen-bond donors (Lipinski definition) is 3. The van der Waals surface area contributed by atoms with Crippen LogP contribution in [0.25, 0.3) is 10.9 Å². The van der Waals surface area contributed by atoms with Crippen molar-refractivity contribution < 1.29 is 14.3 Å². The molecule has 152 valence electrons. The largest absolute Gasteiger partial charge is 0.378 e. The molecule has 0 unspecified atom stereocenters. The first-order valence-corrected chi connectivity index (χ1v) is 10.4. The first-order chi connectivity index (χ1) is 14.1. The minimum atomic E-state index is -0.347. The van der Waals surface area contributed by atoms with Crippen molar-refractivity contribution in [2.24, 2.45) is 0 Å². The van der Waals surface area contributed by atoms with E-state index in [-0.39, 0.29) is 18.2 Å². The van der Waals surface area contributed by atoms with Gasteiger partial charge in [0, 0.05) is 36.6 Å². The van der Waals surface area contributed by atoms with Crippen LogP contribution in [0, 0.1) is 6.92 Å². The third-order valence-corrected chi connectivity index (χ3v) is 6.10. The van der Waals surface area contributed by atoms with E-state index in [1.807, 2.05) is 30.5 Å². The summed E-state index contributed by atoms with van der Waals surface area (Å²) < 4.78 is 5.35. The van der Waals surface area contributed by atoms with Crippen molar-refractivity contribution in [2.45, 2.75) is 19.8 Å². The van der Waals surface area contributed by atoms with E-state index in [4.69, 9.17) is 4.74 Å². The molecule has 29 heavy (non-hydrogen) atoms. The number of rotatable bonds is 5. The van der Waals surface area contributed by atoms with E-state index in [1.165, 1.54) is 11.3 Å². The first kappa shape index (κ1) is 19.4. The molecule has 1 fully saturated rings. The van der Waals surface area contributed by atoms with Gasteiger partial charge in [-0.15, -0.1) is 0 Å². The summed E-state index contributed by atoms with van der Waals surface area (Å²) in [4.78, 5) is 35.0. The van der Waals surface area contributed by atoms with Gasteiger partial charge >= 0.3 is 0 Å². The number of nitrogens with zero attached hydrogens (tertiary/aromatic N) is 2. The molecule has 1 aliphatic heterocycles. The summed E-state index contributed by atoms with van der Waals surface area (Å²) in [5.41, 5.74) is 7.79. The zero-order chi connectivity index (χ0) is 20.2. The molecule has 0 saturated carbocycles. The lowest BCUT2D eigenvalue weighted by Gasteiger charge is -2.25. The van der Waals surface area contributed by atoms with E-state index < -0.39 is 0 Å². The lowest BCUT2D eigenvalue weighted by atomic mass is 10.1. The fraction of sp³-hybridized carbons (Fsp3) is 0.350. The third kappa shape index (κ3) is 4.41. The molecule has 1 aromatic carbocycles. The predicted molar refractivity (Wildman–Crippen MR) is 112 cm³/mol. The van der Waals surface area contributed by atoms with Crippen molar-refractivity contribution in [3.05, 3.63) is 46.6 Å². The molecule has 0 spiro atoms. The summed E-state index contributed by atoms with van der Waals surface area (Å²) in [5, 5.41) is 1.92. The van der Waals surface area contributed by atoms with Gasteiger partial charge < -0.3 is 14.6 Å². The van der Waals surface area contributed by atoms with Gasteiger partial charge in [0.2, 0.25) is 5.91 Å². The predicted octanol–water partition coefficient (Wildman–Crippen LogP) is 2.16. The number of thiazole rings is 1. The third-order valence-electron chi connectivity index (χ3n) is 4.88. The second-order valence-corrected chi connectivity index (χ2v) is 7.85. The van der Waals surface area contributed by atoms with Gasteiger partial charge in [-0.1, -0.05) is 29.5 Å². The highest BCUT2D eigenvalue weighted by atomic mass is 32.1. The summed E-state index contributed by atoms with van der Waals surface area (Å²) in [6.45, 7) is 4.64. The quantitative estimate of drug-likeness (QED) is 0.557. The van der Waals surface area contributed by atoms with E-state index in [2.05, 4.69) is 25.7 Å². The molecule has 0 radical (unpaired) electrons. The Morgan fingerprint density at radius 3 is 2.86 bits per heavy atom. The van der Waals surface area contributed by atoms with Crippen LogP contribution in [0.3, 0.4) is 0 Å². The van der Waals surface area contributed by atoms with Crippen LogP contribution in [-0.4, -0.2) is 48.1 Å². The normalized spacial score (nSPS) is 14.2. The van der Waals surface area contributed by atoms with Crippen LogP contribution < -0.4 is 15.8 Å². The van der Waals surface area contributed by atoms with Crippen LogP contribution in [0.4, 0.5) is 5.13 Å². The molecule has 3 heterocycles. The number of H-pyrrole nitrogens is 1. The van der Waals surface area contributed by atoms with Crippen LogP contribution in [0.15, 0.2) is 30.5 Å². The Hall–Kier alpha value is -2.91. The highest BCUT2D eigenvalue weighted by Gasteiger charge is 2.20. The Morgan fingerprint density at radius 1 is 1.24 bits per heavy atom. The fourth-order valence-corrected chi connectivity index (χ4v) is 4.33. The molecule has 2 amide bonds. The second-order valence-electron chi connectivity index (χ2n) is 6.87. The molecule has 1 aliphatic rings. The number of hydrazine groups is 1. The Labute approximate surface area is 172 Å². The number of carbonyl (C=O) groups is 2. The number of hydrogen-bond acceptors (Lipinski definition) is 6. The molecule has 3 aromatic rings. The monoisotopic (exact) mass is 413 g/mol. The molecule has 0 atom stereocenters. The summed E-state index contributed by atoms with van der Waals surface area (Å²) in [6, 6.07) is 7.97.